The topological polar surface area (TPSA) is 79.4 Å². The van der Waals surface area contributed by atoms with Gasteiger partial charge < -0.3 is 20.3 Å². The fourth-order valence-electron chi connectivity index (χ4n) is 3.42. The molecular weight excluding hydrogens is 410 g/mol. The summed E-state index contributed by atoms with van der Waals surface area (Å²) in [5.74, 6) is 1.49. The minimum absolute atomic E-state index is 0.0232. The highest BCUT2D eigenvalue weighted by atomic mass is 32.1. The van der Waals surface area contributed by atoms with Crippen molar-refractivity contribution in [2.45, 2.75) is 26.7 Å². The number of carbonyl (C=O) groups excluding carboxylic acids is 1. The van der Waals surface area contributed by atoms with E-state index in [-0.39, 0.29) is 5.91 Å². The Hall–Kier alpha value is -2.97. The molecule has 8 heteroatoms. The van der Waals surface area contributed by atoms with Gasteiger partial charge in [0, 0.05) is 47.5 Å². The monoisotopic (exact) mass is 437 g/mol. The number of aromatic nitrogens is 2. The zero-order valence-electron chi connectivity index (χ0n) is 17.9. The van der Waals surface area contributed by atoms with Gasteiger partial charge in [0.2, 0.25) is 11.9 Å². The fraction of sp³-hybridized carbons (Fsp3) is 0.348. The molecule has 0 aliphatic carbocycles. The highest BCUT2D eigenvalue weighted by Gasteiger charge is 2.15. The van der Waals surface area contributed by atoms with Gasteiger partial charge in [0.25, 0.3) is 0 Å². The maximum absolute atomic E-state index is 12.3. The van der Waals surface area contributed by atoms with E-state index >= 15 is 0 Å². The Morgan fingerprint density at radius 3 is 2.55 bits per heavy atom. The minimum Gasteiger partial charge on any atom is -0.378 e. The number of nitrogens with one attached hydrogen (secondary N) is 2. The van der Waals surface area contributed by atoms with E-state index < -0.39 is 0 Å². The van der Waals surface area contributed by atoms with Crippen molar-refractivity contribution in [3.8, 4) is 0 Å². The van der Waals surface area contributed by atoms with E-state index in [0.29, 0.717) is 19.6 Å². The van der Waals surface area contributed by atoms with Crippen molar-refractivity contribution in [3.05, 3.63) is 57.9 Å². The number of benzene rings is 1. The number of nitrogens with zero attached hydrogens (tertiary/aromatic N) is 3. The van der Waals surface area contributed by atoms with E-state index in [9.17, 15) is 4.79 Å². The molecule has 7 nitrogen and oxygen atoms in total. The van der Waals surface area contributed by atoms with Crippen LogP contribution in [0.1, 0.15) is 22.6 Å². The van der Waals surface area contributed by atoms with Crippen molar-refractivity contribution in [1.29, 1.82) is 0 Å². The molecule has 0 bridgehead atoms. The molecular formula is C23H27N5O2S. The highest BCUT2D eigenvalue weighted by Crippen LogP contribution is 2.22. The van der Waals surface area contributed by atoms with Crippen LogP contribution in [0.25, 0.3) is 0 Å². The first kappa shape index (κ1) is 21.3. The zero-order valence-corrected chi connectivity index (χ0v) is 18.7. The van der Waals surface area contributed by atoms with Crippen LogP contribution >= 0.6 is 11.3 Å². The molecule has 0 saturated carbocycles. The van der Waals surface area contributed by atoms with Crippen LogP contribution < -0.4 is 15.5 Å². The van der Waals surface area contributed by atoms with Crippen LogP contribution in [0.3, 0.4) is 0 Å². The van der Waals surface area contributed by atoms with E-state index in [1.54, 1.807) is 11.3 Å². The third-order valence-corrected chi connectivity index (χ3v) is 6.21. The molecule has 0 radical (unpaired) electrons. The molecule has 4 rings (SSSR count). The SMILES string of the molecule is Cc1cc(Nc2ccc(NC(=O)CCc3sccc3C)cc2)nc(N2CCOCC2)n1. The number of thiophene rings is 1. The van der Waals surface area contributed by atoms with Crippen LogP contribution in [0.5, 0.6) is 0 Å². The maximum Gasteiger partial charge on any atom is 0.227 e. The van der Waals surface area contributed by atoms with Gasteiger partial charge >= 0.3 is 0 Å². The summed E-state index contributed by atoms with van der Waals surface area (Å²) in [5.41, 5.74) is 3.85. The second kappa shape index (κ2) is 9.89. The van der Waals surface area contributed by atoms with Crippen LogP contribution in [0.4, 0.5) is 23.1 Å². The van der Waals surface area contributed by atoms with Gasteiger partial charge in [-0.05, 0) is 61.5 Å². The molecule has 0 atom stereocenters. The van der Waals surface area contributed by atoms with E-state index in [1.807, 2.05) is 37.3 Å². The summed E-state index contributed by atoms with van der Waals surface area (Å²) in [6, 6.07) is 11.7. The number of morpholine rings is 1. The van der Waals surface area contributed by atoms with Gasteiger partial charge in [0.15, 0.2) is 0 Å². The molecule has 0 unspecified atom stereocenters. The smallest absolute Gasteiger partial charge is 0.227 e. The molecule has 162 valence electrons. The normalized spacial score (nSPS) is 13.8. The number of carbonyl (C=O) groups is 1. The van der Waals surface area contributed by atoms with E-state index in [1.165, 1.54) is 10.4 Å². The molecule has 2 N–H and O–H groups in total. The van der Waals surface area contributed by atoms with E-state index in [4.69, 9.17) is 4.74 Å². The molecule has 1 amide bonds. The van der Waals surface area contributed by atoms with Crippen molar-refractivity contribution >= 4 is 40.4 Å². The van der Waals surface area contributed by atoms with Crippen molar-refractivity contribution in [2.24, 2.45) is 0 Å². The summed E-state index contributed by atoms with van der Waals surface area (Å²) in [6.07, 6.45) is 1.25. The summed E-state index contributed by atoms with van der Waals surface area (Å²) in [7, 11) is 0. The third kappa shape index (κ3) is 5.80. The first-order chi connectivity index (χ1) is 15.1. The number of rotatable bonds is 7. The molecule has 1 fully saturated rings. The molecule has 1 aliphatic rings. The average Bonchev–Trinajstić information content (AvgIpc) is 3.19. The number of amides is 1. The lowest BCUT2D eigenvalue weighted by Crippen LogP contribution is -2.37. The van der Waals surface area contributed by atoms with E-state index in [0.717, 1.165) is 48.3 Å². The average molecular weight is 438 g/mol. The summed E-state index contributed by atoms with van der Waals surface area (Å²) < 4.78 is 5.41. The zero-order chi connectivity index (χ0) is 21.6. The number of anilines is 4. The number of hydrogen-bond acceptors (Lipinski definition) is 7. The molecule has 1 aromatic carbocycles. The van der Waals surface area contributed by atoms with Crippen LogP contribution in [-0.4, -0.2) is 42.2 Å². The van der Waals surface area contributed by atoms with Gasteiger partial charge in [-0.3, -0.25) is 4.79 Å². The predicted molar refractivity (Wildman–Crippen MR) is 126 cm³/mol. The Bertz CT molecular complexity index is 1030. The van der Waals surface area contributed by atoms with Crippen LogP contribution in [0.2, 0.25) is 0 Å². The Morgan fingerprint density at radius 2 is 1.84 bits per heavy atom. The lowest BCUT2D eigenvalue weighted by atomic mass is 10.2. The molecule has 2 aromatic heterocycles. The molecule has 3 aromatic rings. The quantitative estimate of drug-likeness (QED) is 0.574. The lowest BCUT2D eigenvalue weighted by Gasteiger charge is -2.27. The summed E-state index contributed by atoms with van der Waals surface area (Å²) >= 11 is 1.70. The lowest BCUT2D eigenvalue weighted by molar-refractivity contribution is -0.116. The van der Waals surface area contributed by atoms with Crippen molar-refractivity contribution in [2.75, 3.05) is 41.8 Å². The predicted octanol–water partition coefficient (Wildman–Crippen LogP) is 4.31. The Balaban J connectivity index is 1.34. The largest absolute Gasteiger partial charge is 0.378 e. The van der Waals surface area contributed by atoms with E-state index in [2.05, 4.69) is 43.9 Å². The van der Waals surface area contributed by atoms with Crippen molar-refractivity contribution in [3.63, 3.8) is 0 Å². The van der Waals surface area contributed by atoms with Gasteiger partial charge in [0.05, 0.1) is 13.2 Å². The Labute approximate surface area is 186 Å². The van der Waals surface area contributed by atoms with Crippen molar-refractivity contribution in [1.82, 2.24) is 9.97 Å². The Morgan fingerprint density at radius 1 is 1.10 bits per heavy atom. The maximum atomic E-state index is 12.3. The number of aryl methyl sites for hydroxylation is 3. The van der Waals surface area contributed by atoms with Crippen LogP contribution in [0.15, 0.2) is 41.8 Å². The summed E-state index contributed by atoms with van der Waals surface area (Å²) in [4.78, 5) is 24.9. The van der Waals surface area contributed by atoms with Crippen molar-refractivity contribution < 1.29 is 9.53 Å². The third-order valence-electron chi connectivity index (χ3n) is 5.12. The molecule has 1 aliphatic heterocycles. The standard InChI is InChI=1S/C23H27N5O2S/c1-16-9-14-31-20(16)7-8-22(29)26-19-5-3-18(4-6-19)25-21-15-17(2)24-23(27-21)28-10-12-30-13-11-28/h3-6,9,14-15H,7-8,10-13H2,1-2H3,(H,26,29)(H,24,25,27). The molecule has 1 saturated heterocycles. The van der Waals surface area contributed by atoms with Crippen LogP contribution in [0, 0.1) is 13.8 Å². The molecule has 3 heterocycles. The first-order valence-electron chi connectivity index (χ1n) is 10.4. The second-order valence-corrected chi connectivity index (χ2v) is 8.57. The first-order valence-corrected chi connectivity index (χ1v) is 11.3. The summed E-state index contributed by atoms with van der Waals surface area (Å²) in [5, 5.41) is 8.37. The minimum atomic E-state index is 0.0232. The Kier molecular flexibility index (Phi) is 6.79. The van der Waals surface area contributed by atoms with Gasteiger partial charge in [0.1, 0.15) is 5.82 Å². The highest BCUT2D eigenvalue weighted by molar-refractivity contribution is 7.10. The van der Waals surface area contributed by atoms with Gasteiger partial charge in [-0.15, -0.1) is 11.3 Å². The number of hydrogen-bond donors (Lipinski definition) is 2. The van der Waals surface area contributed by atoms with Gasteiger partial charge in [-0.25, -0.2) is 4.98 Å². The number of ether oxygens (including phenoxy) is 1. The van der Waals surface area contributed by atoms with Gasteiger partial charge in [-0.1, -0.05) is 0 Å². The molecule has 31 heavy (non-hydrogen) atoms. The summed E-state index contributed by atoms with van der Waals surface area (Å²) in [6.45, 7) is 7.03. The van der Waals surface area contributed by atoms with Gasteiger partial charge in [-0.2, -0.15) is 4.98 Å². The second-order valence-electron chi connectivity index (χ2n) is 7.57. The fourth-order valence-corrected chi connectivity index (χ4v) is 4.33. The molecule has 0 spiro atoms. The van der Waals surface area contributed by atoms with Crippen LogP contribution in [-0.2, 0) is 16.0 Å².